The van der Waals surface area contributed by atoms with E-state index in [1.807, 2.05) is 30.3 Å². The van der Waals surface area contributed by atoms with Crippen LogP contribution in [0.5, 0.6) is 0 Å². The highest BCUT2D eigenvalue weighted by Gasteiger charge is 2.59. The molecule has 2 heterocycles. The van der Waals surface area contributed by atoms with Crippen molar-refractivity contribution in [1.29, 1.82) is 0 Å². The van der Waals surface area contributed by atoms with Crippen molar-refractivity contribution in [2.24, 2.45) is 5.92 Å². The van der Waals surface area contributed by atoms with Crippen LogP contribution < -0.4 is 0 Å². The monoisotopic (exact) mass is 261 g/mol. The van der Waals surface area contributed by atoms with E-state index in [0.29, 0.717) is 26.0 Å². The average Bonchev–Trinajstić information content (AvgIpc) is 2.40. The zero-order valence-electron chi connectivity index (χ0n) is 10.4. The lowest BCUT2D eigenvalue weighted by molar-refractivity contribution is -0.255. The molecule has 3 atom stereocenters. The van der Waals surface area contributed by atoms with Gasteiger partial charge in [0, 0.05) is 12.5 Å². The Labute approximate surface area is 110 Å². The summed E-state index contributed by atoms with van der Waals surface area (Å²) in [5.74, 6) is -1.13. The van der Waals surface area contributed by atoms with E-state index in [-0.39, 0.29) is 5.92 Å². The van der Waals surface area contributed by atoms with E-state index < -0.39 is 17.6 Å². The van der Waals surface area contributed by atoms with Crippen molar-refractivity contribution < 1.29 is 19.4 Å². The SMILES string of the molecule is O=CN1CCC2(c3ccccc3)OCC2C1C(=O)O. The largest absolute Gasteiger partial charge is 0.480 e. The van der Waals surface area contributed by atoms with Crippen molar-refractivity contribution in [3.8, 4) is 0 Å². The van der Waals surface area contributed by atoms with Crippen LogP contribution in [-0.4, -0.2) is 41.6 Å². The van der Waals surface area contributed by atoms with Gasteiger partial charge in [0.2, 0.25) is 6.41 Å². The second kappa shape index (κ2) is 4.35. The summed E-state index contributed by atoms with van der Waals surface area (Å²) in [6.45, 7) is 0.794. The van der Waals surface area contributed by atoms with Gasteiger partial charge in [-0.1, -0.05) is 30.3 Å². The smallest absolute Gasteiger partial charge is 0.326 e. The van der Waals surface area contributed by atoms with E-state index in [9.17, 15) is 14.7 Å². The molecule has 1 amide bonds. The molecule has 1 aromatic carbocycles. The minimum atomic E-state index is -0.958. The first-order valence-electron chi connectivity index (χ1n) is 6.32. The summed E-state index contributed by atoms with van der Waals surface area (Å²) >= 11 is 0. The summed E-state index contributed by atoms with van der Waals surface area (Å²) in [6, 6.07) is 8.89. The topological polar surface area (TPSA) is 66.8 Å². The van der Waals surface area contributed by atoms with Crippen LogP contribution in [-0.2, 0) is 19.9 Å². The van der Waals surface area contributed by atoms with Crippen molar-refractivity contribution in [2.45, 2.75) is 18.1 Å². The van der Waals surface area contributed by atoms with E-state index >= 15 is 0 Å². The molecular formula is C14H15NO4. The molecule has 100 valence electrons. The van der Waals surface area contributed by atoms with E-state index in [2.05, 4.69) is 0 Å². The minimum absolute atomic E-state index is 0.175. The number of piperidine rings is 1. The minimum Gasteiger partial charge on any atom is -0.480 e. The number of benzene rings is 1. The van der Waals surface area contributed by atoms with Gasteiger partial charge in [-0.05, 0) is 12.0 Å². The fourth-order valence-corrected chi connectivity index (χ4v) is 3.24. The van der Waals surface area contributed by atoms with Crippen LogP contribution in [0.25, 0.3) is 0 Å². The zero-order valence-corrected chi connectivity index (χ0v) is 10.4. The molecule has 5 nitrogen and oxygen atoms in total. The molecular weight excluding hydrogens is 246 g/mol. The van der Waals surface area contributed by atoms with Gasteiger partial charge in [0.05, 0.1) is 6.61 Å². The number of nitrogens with zero attached hydrogens (tertiary/aromatic N) is 1. The molecule has 5 heteroatoms. The van der Waals surface area contributed by atoms with Crippen molar-refractivity contribution >= 4 is 12.4 Å². The van der Waals surface area contributed by atoms with Gasteiger partial charge in [-0.25, -0.2) is 4.79 Å². The molecule has 3 rings (SSSR count). The summed E-state index contributed by atoms with van der Waals surface area (Å²) in [5, 5.41) is 9.37. The molecule has 0 radical (unpaired) electrons. The number of carboxylic acids is 1. The van der Waals surface area contributed by atoms with Gasteiger partial charge >= 0.3 is 5.97 Å². The van der Waals surface area contributed by atoms with Crippen molar-refractivity contribution in [2.75, 3.05) is 13.2 Å². The normalized spacial score (nSPS) is 33.2. The molecule has 0 aromatic heterocycles. The van der Waals surface area contributed by atoms with E-state index in [1.165, 1.54) is 4.90 Å². The molecule has 0 bridgehead atoms. The summed E-state index contributed by atoms with van der Waals surface area (Å²) in [6.07, 6.45) is 1.27. The fourth-order valence-electron chi connectivity index (χ4n) is 3.24. The number of aliphatic carboxylic acids is 1. The maximum Gasteiger partial charge on any atom is 0.326 e. The first-order valence-corrected chi connectivity index (χ1v) is 6.32. The number of likely N-dealkylation sites (tertiary alicyclic amines) is 1. The molecule has 0 aliphatic carbocycles. The maximum absolute atomic E-state index is 11.4. The predicted octanol–water partition coefficient (Wildman–Crippen LogP) is 0.844. The van der Waals surface area contributed by atoms with Gasteiger partial charge in [0.25, 0.3) is 0 Å². The third kappa shape index (κ3) is 1.65. The Morgan fingerprint density at radius 2 is 2.16 bits per heavy atom. The van der Waals surface area contributed by atoms with Crippen LogP contribution in [0.3, 0.4) is 0 Å². The van der Waals surface area contributed by atoms with Crippen LogP contribution in [0, 0.1) is 5.92 Å². The summed E-state index contributed by atoms with van der Waals surface area (Å²) < 4.78 is 5.78. The number of hydrogen-bond donors (Lipinski definition) is 1. The van der Waals surface area contributed by atoms with E-state index in [0.717, 1.165) is 5.56 Å². The number of ether oxygens (including phenoxy) is 1. The number of rotatable bonds is 3. The van der Waals surface area contributed by atoms with E-state index in [1.54, 1.807) is 0 Å². The molecule has 1 aromatic rings. The van der Waals surface area contributed by atoms with Crippen molar-refractivity contribution in [3.63, 3.8) is 0 Å². The Morgan fingerprint density at radius 1 is 1.42 bits per heavy atom. The Hall–Kier alpha value is -1.88. The third-order valence-corrected chi connectivity index (χ3v) is 4.25. The van der Waals surface area contributed by atoms with Gasteiger partial charge in [0.15, 0.2) is 0 Å². The molecule has 3 unspecified atom stereocenters. The summed E-state index contributed by atoms with van der Waals surface area (Å²) in [5.41, 5.74) is 0.465. The van der Waals surface area contributed by atoms with Crippen LogP contribution in [0.15, 0.2) is 30.3 Å². The highest BCUT2D eigenvalue weighted by Crippen LogP contribution is 2.50. The number of carbonyl (C=O) groups excluding carboxylic acids is 1. The first-order chi connectivity index (χ1) is 9.19. The lowest BCUT2D eigenvalue weighted by atomic mass is 9.68. The van der Waals surface area contributed by atoms with Gasteiger partial charge in [-0.3, -0.25) is 4.79 Å². The number of amides is 1. The average molecular weight is 261 g/mol. The quantitative estimate of drug-likeness (QED) is 0.819. The van der Waals surface area contributed by atoms with Crippen LogP contribution in [0.4, 0.5) is 0 Å². The molecule has 2 aliphatic rings. The maximum atomic E-state index is 11.4. The molecule has 19 heavy (non-hydrogen) atoms. The third-order valence-electron chi connectivity index (χ3n) is 4.25. The van der Waals surface area contributed by atoms with Crippen LogP contribution in [0.1, 0.15) is 12.0 Å². The lowest BCUT2D eigenvalue weighted by Crippen LogP contribution is -2.67. The number of carboxylic acid groups (broad SMARTS) is 1. The van der Waals surface area contributed by atoms with Gasteiger partial charge in [-0.15, -0.1) is 0 Å². The highest BCUT2D eigenvalue weighted by molar-refractivity contribution is 5.77. The second-order valence-electron chi connectivity index (χ2n) is 5.05. The standard InChI is InChI=1S/C14H15NO4/c16-9-15-7-6-14(10-4-2-1-3-5-10)11(8-19-14)12(15)13(17)18/h1-5,9,11-12H,6-8H2,(H,17,18). The molecule has 0 spiro atoms. The van der Waals surface area contributed by atoms with Gasteiger partial charge < -0.3 is 14.7 Å². The summed E-state index contributed by atoms with van der Waals surface area (Å²) in [4.78, 5) is 23.8. The fraction of sp³-hybridized carbons (Fsp3) is 0.429. The molecule has 1 N–H and O–H groups in total. The number of carbonyl (C=O) groups is 2. The Balaban J connectivity index is 1.97. The Bertz CT molecular complexity index is 503. The lowest BCUT2D eigenvalue weighted by Gasteiger charge is -2.57. The molecule has 2 saturated heterocycles. The van der Waals surface area contributed by atoms with E-state index in [4.69, 9.17) is 4.74 Å². The van der Waals surface area contributed by atoms with Gasteiger partial charge in [-0.2, -0.15) is 0 Å². The summed E-state index contributed by atoms with van der Waals surface area (Å²) in [7, 11) is 0. The Kier molecular flexibility index (Phi) is 2.78. The predicted molar refractivity (Wildman–Crippen MR) is 66.4 cm³/mol. The van der Waals surface area contributed by atoms with Gasteiger partial charge in [0.1, 0.15) is 11.6 Å². The molecule has 2 aliphatic heterocycles. The zero-order chi connectivity index (χ0) is 13.5. The second-order valence-corrected chi connectivity index (χ2v) is 5.05. The van der Waals surface area contributed by atoms with Crippen LogP contribution >= 0.6 is 0 Å². The molecule has 0 saturated carbocycles. The van der Waals surface area contributed by atoms with Crippen LogP contribution in [0.2, 0.25) is 0 Å². The Morgan fingerprint density at radius 3 is 2.68 bits per heavy atom. The number of hydrogen-bond acceptors (Lipinski definition) is 3. The molecule has 2 fully saturated rings. The van der Waals surface area contributed by atoms with Crippen molar-refractivity contribution in [1.82, 2.24) is 4.90 Å². The highest BCUT2D eigenvalue weighted by atomic mass is 16.5. The number of fused-ring (bicyclic) bond motifs is 1. The van der Waals surface area contributed by atoms with Crippen molar-refractivity contribution in [3.05, 3.63) is 35.9 Å². The first kappa shape index (κ1) is 12.2.